The summed E-state index contributed by atoms with van der Waals surface area (Å²) in [4.78, 5) is 16.6. The molecule has 0 atom stereocenters. The Hall–Kier alpha value is -0.820. The third kappa shape index (κ3) is 4.59. The van der Waals surface area contributed by atoms with Crippen molar-refractivity contribution < 1.29 is 4.79 Å². The minimum Gasteiger partial charge on any atom is -0.349 e. The third-order valence-electron chi connectivity index (χ3n) is 3.75. The first-order chi connectivity index (χ1) is 10.1. The number of nitrogens with one attached hydrogen (secondary N) is 1. The number of aromatic nitrogens is 1. The molecule has 1 amide bonds. The Morgan fingerprint density at radius 3 is 2.64 bits per heavy atom. The number of carbonyl (C=O) groups is 1. The summed E-state index contributed by atoms with van der Waals surface area (Å²) in [5, 5.41) is 3.08. The van der Waals surface area contributed by atoms with Crippen LogP contribution in [0.15, 0.2) is 28.6 Å². The van der Waals surface area contributed by atoms with Crippen molar-refractivity contribution in [2.24, 2.45) is 5.73 Å². The minimum atomic E-state index is -0.273. The van der Waals surface area contributed by atoms with Gasteiger partial charge in [-0.05, 0) is 25.0 Å². The quantitative estimate of drug-likeness (QED) is 0.743. The highest BCUT2D eigenvalue weighted by atomic mass is 35.5. The van der Waals surface area contributed by atoms with Crippen LogP contribution in [-0.4, -0.2) is 28.7 Å². The molecule has 0 aliphatic carbocycles. The van der Waals surface area contributed by atoms with Crippen LogP contribution in [0.2, 0.25) is 0 Å². The Morgan fingerprint density at radius 2 is 2.05 bits per heavy atom. The lowest BCUT2D eigenvalue weighted by molar-refractivity contribution is -0.120. The molecule has 1 heterocycles. The molecule has 0 radical (unpaired) electrons. The second kappa shape index (κ2) is 8.72. The largest absolute Gasteiger partial charge is 0.349 e. The highest BCUT2D eigenvalue weighted by Crippen LogP contribution is 2.29. The molecule has 1 aromatic carbocycles. The van der Waals surface area contributed by atoms with E-state index in [2.05, 4.69) is 24.1 Å². The van der Waals surface area contributed by atoms with Gasteiger partial charge in [0.05, 0.1) is 21.5 Å². The first-order valence-electron chi connectivity index (χ1n) is 7.12. The lowest BCUT2D eigenvalue weighted by Crippen LogP contribution is -2.53. The van der Waals surface area contributed by atoms with Crippen LogP contribution in [0.3, 0.4) is 0 Å². The lowest BCUT2D eigenvalue weighted by Gasteiger charge is -2.31. The molecule has 22 heavy (non-hydrogen) atoms. The highest BCUT2D eigenvalue weighted by molar-refractivity contribution is 8.01. The molecule has 0 saturated heterocycles. The fourth-order valence-corrected chi connectivity index (χ4v) is 4.01. The molecule has 0 saturated carbocycles. The molecular weight excluding hydrogens is 338 g/mol. The average Bonchev–Trinajstić information content (AvgIpc) is 2.94. The number of nitrogens with two attached hydrogens (primary N) is 1. The predicted molar refractivity (Wildman–Crippen MR) is 98.1 cm³/mol. The van der Waals surface area contributed by atoms with E-state index in [1.54, 1.807) is 11.3 Å². The molecule has 0 unspecified atom stereocenters. The number of fused-ring (bicyclic) bond motifs is 1. The lowest BCUT2D eigenvalue weighted by atomic mass is 9.93. The highest BCUT2D eigenvalue weighted by Gasteiger charge is 2.26. The van der Waals surface area contributed by atoms with Crippen molar-refractivity contribution in [1.82, 2.24) is 10.3 Å². The Balaban J connectivity index is 0.00000242. The smallest absolute Gasteiger partial charge is 0.230 e. The molecular formula is C15H22ClN3OS2. The molecule has 0 aliphatic rings. The van der Waals surface area contributed by atoms with E-state index in [-0.39, 0.29) is 23.9 Å². The molecule has 1 aromatic heterocycles. The molecule has 0 fully saturated rings. The van der Waals surface area contributed by atoms with E-state index in [0.29, 0.717) is 12.3 Å². The van der Waals surface area contributed by atoms with Gasteiger partial charge in [-0.25, -0.2) is 4.98 Å². The van der Waals surface area contributed by atoms with Crippen LogP contribution < -0.4 is 11.1 Å². The van der Waals surface area contributed by atoms with Crippen molar-refractivity contribution in [1.29, 1.82) is 0 Å². The maximum atomic E-state index is 12.1. The molecule has 3 N–H and O–H groups in total. The maximum Gasteiger partial charge on any atom is 0.230 e. The number of hydrogen-bond acceptors (Lipinski definition) is 5. The Morgan fingerprint density at radius 1 is 1.36 bits per heavy atom. The Bertz CT molecular complexity index is 572. The van der Waals surface area contributed by atoms with Gasteiger partial charge in [0.25, 0.3) is 0 Å². The monoisotopic (exact) mass is 359 g/mol. The van der Waals surface area contributed by atoms with Gasteiger partial charge in [0.1, 0.15) is 0 Å². The standard InChI is InChI=1S/C15H21N3OS2.ClH/c1-3-15(4-2,10-16)18-13(19)9-20-14-17-11-7-5-6-8-12(11)21-14;/h5-8H,3-4,9-10,16H2,1-2H3,(H,18,19);1H. The summed E-state index contributed by atoms with van der Waals surface area (Å²) in [6, 6.07) is 8.01. The number of thioether (sulfide) groups is 1. The van der Waals surface area contributed by atoms with Crippen molar-refractivity contribution in [2.45, 2.75) is 36.6 Å². The number of nitrogens with zero attached hydrogens (tertiary/aromatic N) is 1. The average molecular weight is 360 g/mol. The zero-order valence-corrected chi connectivity index (χ0v) is 15.2. The van der Waals surface area contributed by atoms with E-state index in [0.717, 1.165) is 27.4 Å². The molecule has 7 heteroatoms. The fraction of sp³-hybridized carbons (Fsp3) is 0.467. The van der Waals surface area contributed by atoms with Crippen molar-refractivity contribution in [2.75, 3.05) is 12.3 Å². The summed E-state index contributed by atoms with van der Waals surface area (Å²) in [5.41, 5.74) is 6.52. The summed E-state index contributed by atoms with van der Waals surface area (Å²) in [7, 11) is 0. The number of rotatable bonds is 7. The number of thiazole rings is 1. The van der Waals surface area contributed by atoms with Gasteiger partial charge < -0.3 is 11.1 Å². The van der Waals surface area contributed by atoms with Crippen molar-refractivity contribution in [3.8, 4) is 0 Å². The van der Waals surface area contributed by atoms with Crippen molar-refractivity contribution in [3.63, 3.8) is 0 Å². The molecule has 0 spiro atoms. The van der Waals surface area contributed by atoms with Gasteiger partial charge in [-0.3, -0.25) is 4.79 Å². The molecule has 0 bridgehead atoms. The molecule has 2 aromatic rings. The number of amides is 1. The first-order valence-corrected chi connectivity index (χ1v) is 8.92. The number of carbonyl (C=O) groups excluding carboxylic acids is 1. The van der Waals surface area contributed by atoms with Crippen molar-refractivity contribution >= 4 is 51.6 Å². The minimum absolute atomic E-state index is 0. The van der Waals surface area contributed by atoms with Gasteiger partial charge in [-0.2, -0.15) is 0 Å². The second-order valence-electron chi connectivity index (χ2n) is 4.98. The van der Waals surface area contributed by atoms with Gasteiger partial charge in [-0.15, -0.1) is 23.7 Å². The van der Waals surface area contributed by atoms with E-state index < -0.39 is 0 Å². The topological polar surface area (TPSA) is 68.0 Å². The second-order valence-corrected chi connectivity index (χ2v) is 7.23. The van der Waals surface area contributed by atoms with Gasteiger partial charge in [0.15, 0.2) is 4.34 Å². The zero-order chi connectivity index (χ0) is 15.3. The van der Waals surface area contributed by atoms with Crippen LogP contribution >= 0.6 is 35.5 Å². The van der Waals surface area contributed by atoms with E-state index in [1.165, 1.54) is 11.8 Å². The van der Waals surface area contributed by atoms with Crippen LogP contribution in [0, 0.1) is 0 Å². The van der Waals surface area contributed by atoms with Crippen LogP contribution in [0.5, 0.6) is 0 Å². The SMILES string of the molecule is CCC(CC)(CN)NC(=O)CSc1nc2ccccc2s1.Cl. The third-order valence-corrected chi connectivity index (χ3v) is 5.93. The summed E-state index contributed by atoms with van der Waals surface area (Å²) in [6.07, 6.45) is 1.69. The summed E-state index contributed by atoms with van der Waals surface area (Å²) < 4.78 is 2.08. The summed E-state index contributed by atoms with van der Waals surface area (Å²) in [6.45, 7) is 4.58. The Kier molecular flexibility index (Phi) is 7.62. The van der Waals surface area contributed by atoms with Gasteiger partial charge in [-0.1, -0.05) is 37.7 Å². The van der Waals surface area contributed by atoms with E-state index in [4.69, 9.17) is 5.73 Å². The zero-order valence-electron chi connectivity index (χ0n) is 12.8. The summed E-state index contributed by atoms with van der Waals surface area (Å²) in [5.74, 6) is 0.398. The van der Waals surface area contributed by atoms with Crippen LogP contribution in [0.4, 0.5) is 0 Å². The predicted octanol–water partition coefficient (Wildman–Crippen LogP) is 3.44. The normalized spacial score (nSPS) is 11.2. The number of hydrogen-bond donors (Lipinski definition) is 2. The number of benzene rings is 1. The van der Waals surface area contributed by atoms with Gasteiger partial charge in [0.2, 0.25) is 5.91 Å². The first kappa shape index (κ1) is 19.2. The number of halogens is 1. The Labute approximate surface area is 145 Å². The summed E-state index contributed by atoms with van der Waals surface area (Å²) >= 11 is 3.10. The maximum absolute atomic E-state index is 12.1. The van der Waals surface area contributed by atoms with Gasteiger partial charge >= 0.3 is 0 Å². The molecule has 2 rings (SSSR count). The van der Waals surface area contributed by atoms with E-state index >= 15 is 0 Å². The van der Waals surface area contributed by atoms with E-state index in [1.807, 2.05) is 24.3 Å². The van der Waals surface area contributed by atoms with Crippen molar-refractivity contribution in [3.05, 3.63) is 24.3 Å². The van der Waals surface area contributed by atoms with Gasteiger partial charge in [0, 0.05) is 6.54 Å². The van der Waals surface area contributed by atoms with E-state index in [9.17, 15) is 4.79 Å². The van der Waals surface area contributed by atoms with Crippen LogP contribution in [0.1, 0.15) is 26.7 Å². The molecule has 0 aliphatic heterocycles. The van der Waals surface area contributed by atoms with Crippen LogP contribution in [-0.2, 0) is 4.79 Å². The fourth-order valence-electron chi connectivity index (χ4n) is 2.14. The molecule has 122 valence electrons. The molecule has 4 nitrogen and oxygen atoms in total. The van der Waals surface area contributed by atoms with Crippen LogP contribution in [0.25, 0.3) is 10.2 Å². The number of para-hydroxylation sites is 1.